The molecular weight excluding hydrogens is 266 g/mol. The number of phenolic OH excluding ortho intramolecular Hbond substituents is 2. The molecule has 1 rings (SSSR count). The quantitative estimate of drug-likeness (QED) is 0.480. The molecule has 0 saturated heterocycles. The number of hydrogen-bond donors (Lipinski definition) is 3. The molecule has 0 aliphatic rings. The second kappa shape index (κ2) is 9.27. The Morgan fingerprint density at radius 1 is 1.00 bits per heavy atom. The van der Waals surface area contributed by atoms with Crippen molar-refractivity contribution in [2.45, 2.75) is 58.8 Å². The van der Waals surface area contributed by atoms with E-state index >= 15 is 0 Å². The van der Waals surface area contributed by atoms with Gasteiger partial charge in [-0.15, -0.1) is 0 Å². The zero-order valence-electron chi connectivity index (χ0n) is 13.1. The van der Waals surface area contributed by atoms with Gasteiger partial charge in [0.1, 0.15) is 11.5 Å². The Labute approximate surface area is 127 Å². The lowest BCUT2D eigenvalue weighted by molar-refractivity contribution is 0.0952. The molecular formula is C17H27NO3. The van der Waals surface area contributed by atoms with Gasteiger partial charge in [0.25, 0.3) is 5.91 Å². The van der Waals surface area contributed by atoms with Gasteiger partial charge in [-0.25, -0.2) is 0 Å². The van der Waals surface area contributed by atoms with Crippen LogP contribution in [0.3, 0.4) is 0 Å². The van der Waals surface area contributed by atoms with Gasteiger partial charge in [0.2, 0.25) is 0 Å². The maximum Gasteiger partial charge on any atom is 0.255 e. The SMILES string of the molecule is CCCCCCCCc1cc(O)c(C(=O)NCC)cc1O. The summed E-state index contributed by atoms with van der Waals surface area (Å²) in [6, 6.07) is 2.86. The highest BCUT2D eigenvalue weighted by molar-refractivity contribution is 5.97. The number of unbranched alkanes of at least 4 members (excludes halogenated alkanes) is 5. The average Bonchev–Trinajstić information content (AvgIpc) is 2.46. The first-order chi connectivity index (χ1) is 10.1. The third-order valence-corrected chi connectivity index (χ3v) is 3.58. The zero-order chi connectivity index (χ0) is 15.7. The minimum atomic E-state index is -0.364. The highest BCUT2D eigenvalue weighted by atomic mass is 16.3. The van der Waals surface area contributed by atoms with Crippen LogP contribution in [0.25, 0.3) is 0 Å². The van der Waals surface area contributed by atoms with Gasteiger partial charge in [-0.2, -0.15) is 0 Å². The summed E-state index contributed by atoms with van der Waals surface area (Å²) in [5.74, 6) is -0.348. The largest absolute Gasteiger partial charge is 0.508 e. The maximum absolute atomic E-state index is 11.7. The highest BCUT2D eigenvalue weighted by Crippen LogP contribution is 2.28. The molecule has 1 aromatic rings. The number of nitrogens with one attached hydrogen (secondary N) is 1. The first-order valence-electron chi connectivity index (χ1n) is 7.93. The number of aryl methyl sites for hydroxylation is 1. The summed E-state index contributed by atoms with van der Waals surface area (Å²) in [6.07, 6.45) is 7.79. The summed E-state index contributed by atoms with van der Waals surface area (Å²) in [6.45, 7) is 4.48. The molecule has 118 valence electrons. The van der Waals surface area contributed by atoms with E-state index < -0.39 is 0 Å². The number of amides is 1. The lowest BCUT2D eigenvalue weighted by Crippen LogP contribution is -2.22. The van der Waals surface area contributed by atoms with Crippen LogP contribution in [0.1, 0.15) is 68.3 Å². The number of benzene rings is 1. The van der Waals surface area contributed by atoms with Crippen molar-refractivity contribution in [3.8, 4) is 11.5 Å². The third-order valence-electron chi connectivity index (χ3n) is 3.58. The average molecular weight is 293 g/mol. The number of rotatable bonds is 9. The second-order valence-electron chi connectivity index (χ2n) is 5.38. The van der Waals surface area contributed by atoms with E-state index in [1.165, 1.54) is 37.8 Å². The Bertz CT molecular complexity index is 458. The second-order valence-corrected chi connectivity index (χ2v) is 5.38. The maximum atomic E-state index is 11.7. The van der Waals surface area contributed by atoms with E-state index in [4.69, 9.17) is 0 Å². The van der Waals surface area contributed by atoms with Crippen LogP contribution in [0.2, 0.25) is 0 Å². The highest BCUT2D eigenvalue weighted by Gasteiger charge is 2.14. The standard InChI is InChI=1S/C17H27NO3/c1-3-5-6-7-8-9-10-13-11-16(20)14(12-15(13)19)17(21)18-4-2/h11-12,19-20H,3-10H2,1-2H3,(H,18,21). The van der Waals surface area contributed by atoms with Crippen molar-refractivity contribution in [3.63, 3.8) is 0 Å². The Balaban J connectivity index is 2.56. The van der Waals surface area contributed by atoms with Crippen LogP contribution in [0.15, 0.2) is 12.1 Å². The molecule has 0 saturated carbocycles. The number of phenols is 2. The van der Waals surface area contributed by atoms with Gasteiger partial charge < -0.3 is 15.5 Å². The molecule has 4 heteroatoms. The minimum absolute atomic E-state index is 0.0697. The van der Waals surface area contributed by atoms with Crippen molar-refractivity contribution in [2.75, 3.05) is 6.54 Å². The summed E-state index contributed by atoms with van der Waals surface area (Å²) in [7, 11) is 0. The lowest BCUT2D eigenvalue weighted by atomic mass is 10.0. The van der Waals surface area contributed by atoms with E-state index in [2.05, 4.69) is 12.2 Å². The van der Waals surface area contributed by atoms with Crippen LogP contribution < -0.4 is 5.32 Å². The summed E-state index contributed by atoms with van der Waals surface area (Å²) in [5.41, 5.74) is 0.831. The molecule has 1 aromatic carbocycles. The van der Waals surface area contributed by atoms with Crippen LogP contribution in [0, 0.1) is 0 Å². The third kappa shape index (κ3) is 5.66. The molecule has 0 aromatic heterocycles. The van der Waals surface area contributed by atoms with Crippen molar-refractivity contribution in [2.24, 2.45) is 0 Å². The fraction of sp³-hybridized carbons (Fsp3) is 0.588. The molecule has 1 amide bonds. The fourth-order valence-corrected chi connectivity index (χ4v) is 2.35. The Hall–Kier alpha value is -1.71. The molecule has 0 aliphatic heterocycles. The van der Waals surface area contributed by atoms with Crippen LogP contribution in [0.4, 0.5) is 0 Å². The molecule has 0 radical (unpaired) electrons. The van der Waals surface area contributed by atoms with Crippen LogP contribution >= 0.6 is 0 Å². The van der Waals surface area contributed by atoms with Crippen LogP contribution in [-0.2, 0) is 6.42 Å². The monoisotopic (exact) mass is 293 g/mol. The van der Waals surface area contributed by atoms with E-state index in [-0.39, 0.29) is 23.0 Å². The van der Waals surface area contributed by atoms with Gasteiger partial charge in [0.15, 0.2) is 0 Å². The predicted octanol–water partition coefficient (Wildman–Crippen LogP) is 3.75. The normalized spacial score (nSPS) is 10.6. The Morgan fingerprint density at radius 2 is 1.67 bits per heavy atom. The van der Waals surface area contributed by atoms with E-state index in [0.717, 1.165) is 19.3 Å². The van der Waals surface area contributed by atoms with Gasteiger partial charge in [0, 0.05) is 6.54 Å². The van der Waals surface area contributed by atoms with Gasteiger partial charge in [-0.3, -0.25) is 4.79 Å². The van der Waals surface area contributed by atoms with Crippen molar-refractivity contribution in [1.29, 1.82) is 0 Å². The summed E-state index contributed by atoms with van der Waals surface area (Å²) >= 11 is 0. The molecule has 3 N–H and O–H groups in total. The number of carbonyl (C=O) groups excluding carboxylic acids is 1. The molecule has 0 heterocycles. The molecule has 0 aliphatic carbocycles. The van der Waals surface area contributed by atoms with Crippen molar-refractivity contribution in [3.05, 3.63) is 23.3 Å². The van der Waals surface area contributed by atoms with Gasteiger partial charge in [0.05, 0.1) is 5.56 Å². The number of carbonyl (C=O) groups is 1. The Morgan fingerprint density at radius 3 is 2.33 bits per heavy atom. The zero-order valence-corrected chi connectivity index (χ0v) is 13.1. The molecule has 0 fully saturated rings. The van der Waals surface area contributed by atoms with E-state index in [1.54, 1.807) is 0 Å². The van der Waals surface area contributed by atoms with Crippen molar-refractivity contribution in [1.82, 2.24) is 5.32 Å². The van der Waals surface area contributed by atoms with E-state index in [1.807, 2.05) is 6.92 Å². The molecule has 0 atom stereocenters. The molecule has 0 spiro atoms. The van der Waals surface area contributed by atoms with Gasteiger partial charge in [-0.05, 0) is 37.5 Å². The Kier molecular flexibility index (Phi) is 7.65. The van der Waals surface area contributed by atoms with E-state index in [0.29, 0.717) is 12.1 Å². The van der Waals surface area contributed by atoms with Crippen molar-refractivity contribution < 1.29 is 15.0 Å². The minimum Gasteiger partial charge on any atom is -0.508 e. The first kappa shape index (κ1) is 17.3. The van der Waals surface area contributed by atoms with Gasteiger partial charge >= 0.3 is 0 Å². The van der Waals surface area contributed by atoms with E-state index in [9.17, 15) is 15.0 Å². The molecule has 0 unspecified atom stereocenters. The summed E-state index contributed by atoms with van der Waals surface area (Å²) < 4.78 is 0. The molecule has 21 heavy (non-hydrogen) atoms. The fourth-order valence-electron chi connectivity index (χ4n) is 2.35. The summed E-state index contributed by atoms with van der Waals surface area (Å²) in [5, 5.41) is 22.5. The number of aromatic hydroxyl groups is 2. The predicted molar refractivity (Wildman–Crippen MR) is 84.9 cm³/mol. The lowest BCUT2D eigenvalue weighted by Gasteiger charge is -2.10. The summed E-state index contributed by atoms with van der Waals surface area (Å²) in [4.78, 5) is 11.7. The van der Waals surface area contributed by atoms with Crippen LogP contribution in [-0.4, -0.2) is 22.7 Å². The van der Waals surface area contributed by atoms with Crippen molar-refractivity contribution >= 4 is 5.91 Å². The number of hydrogen-bond acceptors (Lipinski definition) is 3. The topological polar surface area (TPSA) is 69.6 Å². The smallest absolute Gasteiger partial charge is 0.255 e. The molecule has 4 nitrogen and oxygen atoms in total. The first-order valence-corrected chi connectivity index (χ1v) is 7.93. The van der Waals surface area contributed by atoms with Gasteiger partial charge in [-0.1, -0.05) is 39.0 Å². The molecule has 0 bridgehead atoms. The van der Waals surface area contributed by atoms with Crippen LogP contribution in [0.5, 0.6) is 11.5 Å².